The van der Waals surface area contributed by atoms with E-state index in [-0.39, 0.29) is 11.7 Å². The Morgan fingerprint density at radius 2 is 1.78 bits per heavy atom. The Morgan fingerprint density at radius 3 is 2.39 bits per heavy atom. The largest absolute Gasteiger partial charge is 0.487 e. The zero-order valence-corrected chi connectivity index (χ0v) is 22.6. The highest BCUT2D eigenvalue weighted by Gasteiger charge is 2.44. The molecule has 2 aliphatic rings. The fraction of sp³-hybridized carbons (Fsp3) is 0.440. The molecule has 36 heavy (non-hydrogen) atoms. The zero-order chi connectivity index (χ0) is 26.3. The van der Waals surface area contributed by atoms with Crippen LogP contribution in [0.15, 0.2) is 40.9 Å². The van der Waals surface area contributed by atoms with Crippen molar-refractivity contribution in [3.8, 4) is 5.75 Å². The van der Waals surface area contributed by atoms with E-state index in [4.69, 9.17) is 11.6 Å². The molecule has 0 unspecified atom stereocenters. The van der Waals surface area contributed by atoms with Crippen molar-refractivity contribution < 1.29 is 23.1 Å². The molecule has 7 nitrogen and oxygen atoms in total. The van der Waals surface area contributed by atoms with Crippen molar-refractivity contribution in [1.29, 1.82) is 0 Å². The van der Waals surface area contributed by atoms with E-state index in [9.17, 15) is 18.4 Å². The molecule has 0 aromatic heterocycles. The Balaban J connectivity index is 1.48. The number of fused-ring (bicyclic) bond motifs is 1. The molecular formula is C25H28BrClF2N4O3. The third kappa shape index (κ3) is 5.82. The maximum atomic E-state index is 13.4. The lowest BCUT2D eigenvalue weighted by Crippen LogP contribution is -2.49. The van der Waals surface area contributed by atoms with Gasteiger partial charge in [-0.2, -0.15) is 0 Å². The number of rotatable bonds is 7. The van der Waals surface area contributed by atoms with Gasteiger partial charge in [0, 0.05) is 77.7 Å². The van der Waals surface area contributed by atoms with Gasteiger partial charge < -0.3 is 19.9 Å². The van der Waals surface area contributed by atoms with Crippen molar-refractivity contribution >= 4 is 45.0 Å². The van der Waals surface area contributed by atoms with Gasteiger partial charge in [0.05, 0.1) is 5.54 Å². The van der Waals surface area contributed by atoms with Crippen molar-refractivity contribution in [2.75, 3.05) is 51.6 Å². The van der Waals surface area contributed by atoms with Crippen LogP contribution in [0.1, 0.15) is 40.1 Å². The van der Waals surface area contributed by atoms with E-state index in [0.29, 0.717) is 27.8 Å². The molecular weight excluding hydrogens is 558 g/mol. The monoisotopic (exact) mass is 584 g/mol. The highest BCUT2D eigenvalue weighted by atomic mass is 79.9. The molecule has 0 radical (unpaired) electrons. The van der Waals surface area contributed by atoms with Crippen molar-refractivity contribution in [1.82, 2.24) is 14.7 Å². The molecule has 2 aromatic rings. The number of hydrogen-bond donors (Lipinski definition) is 1. The minimum atomic E-state index is -3.82. The summed E-state index contributed by atoms with van der Waals surface area (Å²) in [5.74, 6) is -0.683. The topological polar surface area (TPSA) is 65.1 Å². The molecule has 194 valence electrons. The summed E-state index contributed by atoms with van der Waals surface area (Å²) >= 11 is 8.35. The van der Waals surface area contributed by atoms with E-state index in [2.05, 4.69) is 42.8 Å². The number of nitrogens with zero attached hydrogens (tertiary/aromatic N) is 3. The van der Waals surface area contributed by atoms with Gasteiger partial charge in [0.15, 0.2) is 0 Å². The average molecular weight is 586 g/mol. The summed E-state index contributed by atoms with van der Waals surface area (Å²) in [6.45, 7) is 9.37. The third-order valence-electron chi connectivity index (χ3n) is 6.70. The van der Waals surface area contributed by atoms with Crippen LogP contribution in [0.25, 0.3) is 0 Å². The predicted octanol–water partition coefficient (Wildman–Crippen LogP) is 4.81. The number of halogens is 4. The lowest BCUT2D eigenvalue weighted by Gasteiger charge is -2.37. The summed E-state index contributed by atoms with van der Waals surface area (Å²) in [4.78, 5) is 32.9. The Morgan fingerprint density at radius 1 is 1.14 bits per heavy atom. The fourth-order valence-electron chi connectivity index (χ4n) is 4.70. The minimum Gasteiger partial charge on any atom is -0.420 e. The highest BCUT2D eigenvalue weighted by molar-refractivity contribution is 9.10. The molecule has 0 saturated carbocycles. The van der Waals surface area contributed by atoms with Gasteiger partial charge in [-0.25, -0.2) is 0 Å². The number of alkyl halides is 3. The predicted molar refractivity (Wildman–Crippen MR) is 138 cm³/mol. The SMILES string of the molecule is CN1CCN(CCN2C(=O)c3cc(C(=O)Nc4ccc(OC(F)(F)Cl)cc4)cc(Br)c3C2(C)C)CC1. The van der Waals surface area contributed by atoms with Crippen molar-refractivity contribution in [3.63, 3.8) is 0 Å². The van der Waals surface area contributed by atoms with E-state index < -0.39 is 17.0 Å². The number of hydrogen-bond acceptors (Lipinski definition) is 5. The molecule has 1 N–H and O–H groups in total. The van der Waals surface area contributed by atoms with Crippen molar-refractivity contribution in [2.24, 2.45) is 0 Å². The number of anilines is 1. The maximum absolute atomic E-state index is 13.4. The van der Waals surface area contributed by atoms with Gasteiger partial charge in [0.25, 0.3) is 11.8 Å². The van der Waals surface area contributed by atoms with Crippen LogP contribution < -0.4 is 10.1 Å². The van der Waals surface area contributed by atoms with Crippen molar-refractivity contribution in [3.05, 3.63) is 57.6 Å². The molecule has 0 atom stereocenters. The molecule has 4 rings (SSSR count). The molecule has 0 spiro atoms. The van der Waals surface area contributed by atoms with Crippen LogP contribution in [0, 0.1) is 0 Å². The van der Waals surface area contributed by atoms with Gasteiger partial charge in [-0.05, 0) is 57.3 Å². The Hall–Kier alpha value is -2.27. The fourth-order valence-corrected chi connectivity index (χ4v) is 5.73. The number of ether oxygens (including phenoxy) is 1. The molecule has 2 aliphatic heterocycles. The first-order valence-corrected chi connectivity index (χ1v) is 12.8. The number of likely N-dealkylation sites (N-methyl/N-ethyl adjacent to an activating group) is 1. The molecule has 11 heteroatoms. The lowest BCUT2D eigenvalue weighted by atomic mass is 9.92. The first-order valence-electron chi connectivity index (χ1n) is 11.6. The van der Waals surface area contributed by atoms with Crippen molar-refractivity contribution in [2.45, 2.75) is 25.0 Å². The Labute approximate surface area is 222 Å². The summed E-state index contributed by atoms with van der Waals surface area (Å²) < 4.78 is 30.5. The van der Waals surface area contributed by atoms with Crippen LogP contribution in [-0.2, 0) is 5.54 Å². The molecule has 2 heterocycles. The molecule has 1 fully saturated rings. The molecule has 0 bridgehead atoms. The molecule has 2 aromatic carbocycles. The third-order valence-corrected chi connectivity index (χ3v) is 7.40. The van der Waals surface area contributed by atoms with Crippen LogP contribution >= 0.6 is 27.5 Å². The summed E-state index contributed by atoms with van der Waals surface area (Å²) in [6.07, 6.45) is 0. The zero-order valence-electron chi connectivity index (χ0n) is 20.3. The van der Waals surface area contributed by atoms with Gasteiger partial charge >= 0.3 is 5.57 Å². The summed E-state index contributed by atoms with van der Waals surface area (Å²) in [7, 11) is 2.11. The number of nitrogens with one attached hydrogen (secondary N) is 1. The minimum absolute atomic E-state index is 0.108. The first-order chi connectivity index (χ1) is 16.8. The van der Waals surface area contributed by atoms with Crippen LogP contribution in [0.4, 0.5) is 14.5 Å². The second-order valence-corrected chi connectivity index (χ2v) is 10.9. The molecule has 0 aliphatic carbocycles. The van der Waals surface area contributed by atoms with Crippen LogP contribution in [0.2, 0.25) is 0 Å². The van der Waals surface area contributed by atoms with Gasteiger partial charge in [-0.1, -0.05) is 15.9 Å². The van der Waals surface area contributed by atoms with Crippen LogP contribution in [-0.4, -0.2) is 78.4 Å². The van der Waals surface area contributed by atoms with Gasteiger partial charge in [-0.15, -0.1) is 8.78 Å². The number of carbonyl (C=O) groups excluding carboxylic acids is 2. The number of benzene rings is 2. The second-order valence-electron chi connectivity index (χ2n) is 9.57. The molecule has 1 saturated heterocycles. The first kappa shape index (κ1) is 26.8. The lowest BCUT2D eigenvalue weighted by molar-refractivity contribution is -0.0964. The Bertz CT molecular complexity index is 1150. The van der Waals surface area contributed by atoms with Gasteiger partial charge in [0.2, 0.25) is 0 Å². The van der Waals surface area contributed by atoms with Gasteiger partial charge in [0.1, 0.15) is 5.75 Å². The summed E-state index contributed by atoms with van der Waals surface area (Å²) in [5.41, 5.74) is -2.33. The normalized spacial score (nSPS) is 18.3. The second kappa shape index (κ2) is 10.2. The van der Waals surface area contributed by atoms with E-state index >= 15 is 0 Å². The smallest absolute Gasteiger partial charge is 0.420 e. The van der Waals surface area contributed by atoms with Gasteiger partial charge in [-0.3, -0.25) is 14.5 Å². The standard InChI is InChI=1S/C25H28BrClF2N4O3/c1-24(2)21-19(23(35)33(24)13-12-32-10-8-31(3)9-11-32)14-16(15-20(21)26)22(34)30-17-4-6-18(7-5-17)36-25(27,28)29/h4-7,14-15H,8-13H2,1-3H3,(H,30,34). The summed E-state index contributed by atoms with van der Waals surface area (Å²) in [5, 5.41) is 2.71. The average Bonchev–Trinajstić information content (AvgIpc) is 2.99. The number of amides is 2. The van der Waals surface area contributed by atoms with Crippen LogP contribution in [0.5, 0.6) is 5.75 Å². The van der Waals surface area contributed by atoms with Crippen LogP contribution in [0.3, 0.4) is 0 Å². The highest BCUT2D eigenvalue weighted by Crippen LogP contribution is 2.43. The quantitative estimate of drug-likeness (QED) is 0.473. The van der Waals surface area contributed by atoms with E-state index in [1.165, 1.54) is 24.3 Å². The maximum Gasteiger partial charge on any atom is 0.487 e. The molecule has 2 amide bonds. The Kier molecular flexibility index (Phi) is 7.62. The van der Waals surface area contributed by atoms with E-state index in [1.54, 1.807) is 12.1 Å². The van der Waals surface area contributed by atoms with E-state index in [0.717, 1.165) is 38.3 Å². The number of piperazine rings is 1. The number of carbonyl (C=O) groups is 2. The van der Waals surface area contributed by atoms with E-state index in [1.807, 2.05) is 18.7 Å². The summed E-state index contributed by atoms with van der Waals surface area (Å²) in [6, 6.07) is 8.70.